The molecule has 0 saturated heterocycles. The van der Waals surface area contributed by atoms with Crippen LogP contribution in [0.5, 0.6) is 5.75 Å². The second kappa shape index (κ2) is 6.27. The molecule has 0 radical (unpaired) electrons. The summed E-state index contributed by atoms with van der Waals surface area (Å²) in [7, 11) is 0. The van der Waals surface area contributed by atoms with Crippen molar-refractivity contribution in [2.75, 3.05) is 6.61 Å². The molecule has 0 aliphatic carbocycles. The van der Waals surface area contributed by atoms with Crippen molar-refractivity contribution in [1.29, 1.82) is 0 Å². The molecule has 1 aromatic rings. The van der Waals surface area contributed by atoms with E-state index in [0.29, 0.717) is 12.4 Å². The van der Waals surface area contributed by atoms with E-state index in [1.54, 1.807) is 18.2 Å². The molecular weight excluding hydrogens is 310 g/mol. The highest BCUT2D eigenvalue weighted by Crippen LogP contribution is 2.26. The van der Waals surface area contributed by atoms with E-state index >= 15 is 0 Å². The fourth-order valence-electron chi connectivity index (χ4n) is 1.11. The fraction of sp³-hybridized carbons (Fsp3) is 0.455. The van der Waals surface area contributed by atoms with E-state index in [-0.39, 0.29) is 5.56 Å². The third-order valence-electron chi connectivity index (χ3n) is 1.99. The highest BCUT2D eigenvalue weighted by molar-refractivity contribution is 14.1. The second-order valence-electron chi connectivity index (χ2n) is 3.23. The van der Waals surface area contributed by atoms with Gasteiger partial charge in [0.15, 0.2) is 0 Å². The fourth-order valence-corrected chi connectivity index (χ4v) is 1.60. The second-order valence-corrected chi connectivity index (χ2v) is 4.39. The Bertz CT molecular complexity index is 315. The summed E-state index contributed by atoms with van der Waals surface area (Å²) in [6, 6.07) is 4.83. The van der Waals surface area contributed by atoms with Gasteiger partial charge in [-0.05, 0) is 41.1 Å². The van der Waals surface area contributed by atoms with Crippen LogP contribution in [0.25, 0.3) is 0 Å². The molecule has 0 amide bonds. The lowest BCUT2D eigenvalue weighted by Gasteiger charge is -2.09. The molecule has 0 bridgehead atoms. The normalized spacial score (nSPS) is 12.5. The van der Waals surface area contributed by atoms with Gasteiger partial charge in [-0.25, -0.2) is 4.39 Å². The molecule has 0 aliphatic rings. The number of aliphatic hydroxyl groups is 1. The van der Waals surface area contributed by atoms with Gasteiger partial charge in [-0.1, -0.05) is 19.4 Å². The van der Waals surface area contributed by atoms with E-state index in [0.717, 1.165) is 16.4 Å². The van der Waals surface area contributed by atoms with Crippen molar-refractivity contribution in [3.63, 3.8) is 0 Å². The van der Waals surface area contributed by atoms with Gasteiger partial charge in [0.05, 0.1) is 10.2 Å². The Morgan fingerprint density at radius 3 is 2.87 bits per heavy atom. The SMILES string of the molecule is CCCCOc1cc(C(O)F)ccc1I. The predicted octanol–water partition coefficient (Wildman–Crippen LogP) is 3.43. The molecule has 1 unspecified atom stereocenters. The van der Waals surface area contributed by atoms with Crippen LogP contribution in [0, 0.1) is 3.57 Å². The average Bonchev–Trinajstić information content (AvgIpc) is 2.20. The van der Waals surface area contributed by atoms with E-state index in [1.165, 1.54) is 0 Å². The highest BCUT2D eigenvalue weighted by Gasteiger charge is 2.08. The molecule has 2 nitrogen and oxygen atoms in total. The summed E-state index contributed by atoms with van der Waals surface area (Å²) >= 11 is 2.12. The summed E-state index contributed by atoms with van der Waals surface area (Å²) in [6.07, 6.45) is 0.0936. The predicted molar refractivity (Wildman–Crippen MR) is 65.6 cm³/mol. The number of halogens is 2. The largest absolute Gasteiger partial charge is 0.492 e. The standard InChI is InChI=1S/C11H14FIO2/c1-2-3-6-15-10-7-8(11(12)14)4-5-9(10)13/h4-5,7,11,14H,2-3,6H2,1H3. The van der Waals surface area contributed by atoms with E-state index in [9.17, 15) is 4.39 Å². The van der Waals surface area contributed by atoms with Crippen molar-refractivity contribution < 1.29 is 14.2 Å². The molecule has 15 heavy (non-hydrogen) atoms. The van der Waals surface area contributed by atoms with Gasteiger partial charge in [0.1, 0.15) is 5.75 Å². The van der Waals surface area contributed by atoms with E-state index in [1.807, 2.05) is 0 Å². The summed E-state index contributed by atoms with van der Waals surface area (Å²) in [6.45, 7) is 2.70. The Morgan fingerprint density at radius 2 is 2.27 bits per heavy atom. The zero-order valence-corrected chi connectivity index (χ0v) is 10.7. The number of alkyl halides is 1. The Kier molecular flexibility index (Phi) is 5.31. The van der Waals surface area contributed by atoms with Crippen LogP contribution in [0.4, 0.5) is 4.39 Å². The number of hydrogen-bond donors (Lipinski definition) is 1. The molecule has 0 saturated carbocycles. The van der Waals surface area contributed by atoms with Gasteiger partial charge in [-0.15, -0.1) is 0 Å². The molecule has 0 aliphatic heterocycles. The number of rotatable bonds is 5. The maximum atomic E-state index is 12.6. The number of aliphatic hydroxyl groups excluding tert-OH is 1. The topological polar surface area (TPSA) is 29.5 Å². The molecule has 1 N–H and O–H groups in total. The lowest BCUT2D eigenvalue weighted by Crippen LogP contribution is -1.99. The van der Waals surface area contributed by atoms with Crippen molar-refractivity contribution in [2.45, 2.75) is 26.1 Å². The monoisotopic (exact) mass is 324 g/mol. The average molecular weight is 324 g/mol. The van der Waals surface area contributed by atoms with Gasteiger partial charge in [0.2, 0.25) is 6.36 Å². The maximum absolute atomic E-state index is 12.6. The number of unbranched alkanes of at least 4 members (excludes halogenated alkanes) is 1. The molecule has 4 heteroatoms. The zero-order valence-electron chi connectivity index (χ0n) is 8.54. The van der Waals surface area contributed by atoms with Crippen molar-refractivity contribution in [1.82, 2.24) is 0 Å². The number of benzene rings is 1. The van der Waals surface area contributed by atoms with Crippen molar-refractivity contribution in [2.24, 2.45) is 0 Å². The molecule has 1 aromatic carbocycles. The first kappa shape index (κ1) is 12.7. The third kappa shape index (κ3) is 3.95. The van der Waals surface area contributed by atoms with Gasteiger partial charge in [0.25, 0.3) is 0 Å². The quantitative estimate of drug-likeness (QED) is 0.664. The van der Waals surface area contributed by atoms with Gasteiger partial charge in [-0.2, -0.15) is 0 Å². The zero-order chi connectivity index (χ0) is 11.3. The molecule has 0 aromatic heterocycles. The van der Waals surface area contributed by atoms with Crippen molar-refractivity contribution >= 4 is 22.6 Å². The summed E-state index contributed by atoms with van der Waals surface area (Å²) in [5.74, 6) is 0.637. The molecule has 1 atom stereocenters. The molecule has 0 heterocycles. The minimum atomic E-state index is -1.93. The van der Waals surface area contributed by atoms with Gasteiger partial charge >= 0.3 is 0 Å². The Hall–Kier alpha value is -0.360. The van der Waals surface area contributed by atoms with Crippen LogP contribution in [-0.2, 0) is 0 Å². The summed E-state index contributed by atoms with van der Waals surface area (Å²) < 4.78 is 19.0. The Morgan fingerprint density at radius 1 is 1.53 bits per heavy atom. The molecule has 0 spiro atoms. The molecule has 84 valence electrons. The van der Waals surface area contributed by atoms with Crippen LogP contribution >= 0.6 is 22.6 Å². The first-order chi connectivity index (χ1) is 7.15. The minimum absolute atomic E-state index is 0.238. The summed E-state index contributed by atoms with van der Waals surface area (Å²) in [5.41, 5.74) is 0.238. The van der Waals surface area contributed by atoms with Gasteiger partial charge < -0.3 is 9.84 Å². The number of ether oxygens (including phenoxy) is 1. The maximum Gasteiger partial charge on any atom is 0.222 e. The number of hydrogen-bond acceptors (Lipinski definition) is 2. The van der Waals surface area contributed by atoms with Crippen LogP contribution in [0.1, 0.15) is 31.7 Å². The van der Waals surface area contributed by atoms with Crippen LogP contribution in [0.3, 0.4) is 0 Å². The van der Waals surface area contributed by atoms with Crippen molar-refractivity contribution in [3.05, 3.63) is 27.3 Å². The molecule has 1 rings (SSSR count). The highest BCUT2D eigenvalue weighted by atomic mass is 127. The molecular formula is C11H14FIO2. The smallest absolute Gasteiger partial charge is 0.222 e. The lowest BCUT2D eigenvalue weighted by molar-refractivity contribution is 0.0408. The van der Waals surface area contributed by atoms with E-state index in [4.69, 9.17) is 9.84 Å². The first-order valence-electron chi connectivity index (χ1n) is 4.89. The Balaban J connectivity index is 2.72. The van der Waals surface area contributed by atoms with Crippen LogP contribution in [0.15, 0.2) is 18.2 Å². The van der Waals surface area contributed by atoms with Crippen LogP contribution in [-0.4, -0.2) is 11.7 Å². The Labute approximate surface area is 103 Å². The third-order valence-corrected chi connectivity index (χ3v) is 2.88. The van der Waals surface area contributed by atoms with Crippen molar-refractivity contribution in [3.8, 4) is 5.75 Å². The first-order valence-corrected chi connectivity index (χ1v) is 5.97. The van der Waals surface area contributed by atoms with Crippen LogP contribution < -0.4 is 4.74 Å². The van der Waals surface area contributed by atoms with Gasteiger partial charge in [-0.3, -0.25) is 0 Å². The van der Waals surface area contributed by atoms with Crippen LogP contribution in [0.2, 0.25) is 0 Å². The summed E-state index contributed by atoms with van der Waals surface area (Å²) in [5, 5.41) is 8.79. The lowest BCUT2D eigenvalue weighted by atomic mass is 10.2. The minimum Gasteiger partial charge on any atom is -0.492 e. The summed E-state index contributed by atoms with van der Waals surface area (Å²) in [4.78, 5) is 0. The van der Waals surface area contributed by atoms with E-state index in [2.05, 4.69) is 29.5 Å². The molecule has 0 fully saturated rings. The van der Waals surface area contributed by atoms with E-state index < -0.39 is 6.36 Å². The van der Waals surface area contributed by atoms with Gasteiger partial charge in [0, 0.05) is 5.56 Å².